The minimum absolute atomic E-state index is 0.209. The fourth-order valence-electron chi connectivity index (χ4n) is 3.30. The summed E-state index contributed by atoms with van der Waals surface area (Å²) in [4.78, 5) is 19.0. The molecule has 6 heteroatoms. The lowest BCUT2D eigenvalue weighted by atomic mass is 9.99. The van der Waals surface area contributed by atoms with Crippen LogP contribution < -0.4 is 19.7 Å². The largest absolute Gasteiger partial charge is 0.493 e. The zero-order chi connectivity index (χ0) is 20.6. The van der Waals surface area contributed by atoms with Crippen LogP contribution in [0.3, 0.4) is 0 Å². The molecule has 0 unspecified atom stereocenters. The molecule has 0 radical (unpaired) electrons. The van der Waals surface area contributed by atoms with Crippen molar-refractivity contribution in [2.75, 3.05) is 37.0 Å². The number of benzene rings is 1. The van der Waals surface area contributed by atoms with Gasteiger partial charge < -0.3 is 19.7 Å². The molecular weight excluding hydrogens is 366 g/mol. The van der Waals surface area contributed by atoms with Gasteiger partial charge in [-0.05, 0) is 61.6 Å². The lowest BCUT2D eigenvalue weighted by Crippen LogP contribution is -2.33. The summed E-state index contributed by atoms with van der Waals surface area (Å²) in [6.07, 6.45) is 7.33. The highest BCUT2D eigenvalue weighted by Gasteiger charge is 2.16. The van der Waals surface area contributed by atoms with E-state index in [1.807, 2.05) is 37.3 Å². The zero-order valence-corrected chi connectivity index (χ0v) is 17.4. The van der Waals surface area contributed by atoms with Crippen LogP contribution in [0.2, 0.25) is 0 Å². The van der Waals surface area contributed by atoms with Crippen LogP contribution >= 0.6 is 0 Å². The van der Waals surface area contributed by atoms with Gasteiger partial charge in [0.15, 0.2) is 11.5 Å². The average molecular weight is 396 g/mol. The van der Waals surface area contributed by atoms with Crippen molar-refractivity contribution >= 4 is 23.5 Å². The summed E-state index contributed by atoms with van der Waals surface area (Å²) in [7, 11) is 1.60. The van der Waals surface area contributed by atoms with Crippen LogP contribution in [0, 0.1) is 5.92 Å². The lowest BCUT2D eigenvalue weighted by molar-refractivity contribution is -0.111. The van der Waals surface area contributed by atoms with Gasteiger partial charge in [-0.1, -0.05) is 13.0 Å². The number of piperidine rings is 1. The maximum atomic E-state index is 12.2. The molecule has 3 rings (SSSR count). The molecule has 0 bridgehead atoms. The van der Waals surface area contributed by atoms with Crippen LogP contribution in [-0.4, -0.2) is 37.7 Å². The van der Waals surface area contributed by atoms with Gasteiger partial charge in [-0.3, -0.25) is 4.79 Å². The molecule has 6 nitrogen and oxygen atoms in total. The van der Waals surface area contributed by atoms with Gasteiger partial charge in [0, 0.05) is 19.2 Å². The first-order chi connectivity index (χ1) is 14.1. The number of rotatable bonds is 7. The molecule has 0 saturated carbocycles. The van der Waals surface area contributed by atoms with E-state index in [9.17, 15) is 4.79 Å². The van der Waals surface area contributed by atoms with Crippen molar-refractivity contribution in [2.45, 2.75) is 26.7 Å². The van der Waals surface area contributed by atoms with Crippen LogP contribution in [0.15, 0.2) is 42.6 Å². The summed E-state index contributed by atoms with van der Waals surface area (Å²) in [6.45, 7) is 6.85. The topological polar surface area (TPSA) is 63.7 Å². The van der Waals surface area contributed by atoms with Gasteiger partial charge >= 0.3 is 0 Å². The first kappa shape index (κ1) is 20.7. The van der Waals surface area contributed by atoms with Crippen molar-refractivity contribution in [1.29, 1.82) is 0 Å². The second kappa shape index (κ2) is 9.96. The molecule has 1 aliphatic heterocycles. The fourth-order valence-corrected chi connectivity index (χ4v) is 3.30. The molecule has 154 valence electrons. The van der Waals surface area contributed by atoms with Gasteiger partial charge in [-0.2, -0.15) is 0 Å². The molecule has 29 heavy (non-hydrogen) atoms. The second-order valence-electron chi connectivity index (χ2n) is 7.24. The Labute approximate surface area is 172 Å². The minimum Gasteiger partial charge on any atom is -0.493 e. The Kier molecular flexibility index (Phi) is 7.11. The van der Waals surface area contributed by atoms with Crippen molar-refractivity contribution in [3.05, 3.63) is 48.2 Å². The number of hydrogen-bond donors (Lipinski definition) is 1. The summed E-state index contributed by atoms with van der Waals surface area (Å²) in [6, 6.07) is 9.42. The van der Waals surface area contributed by atoms with Crippen LogP contribution in [-0.2, 0) is 4.79 Å². The predicted molar refractivity (Wildman–Crippen MR) is 117 cm³/mol. The molecule has 2 heterocycles. The molecule has 1 N–H and O–H groups in total. The maximum absolute atomic E-state index is 12.2. The molecule has 2 aromatic rings. The third kappa shape index (κ3) is 5.73. The van der Waals surface area contributed by atoms with Gasteiger partial charge in [-0.15, -0.1) is 0 Å². The number of nitrogens with zero attached hydrogens (tertiary/aromatic N) is 2. The van der Waals surface area contributed by atoms with Gasteiger partial charge in [0.1, 0.15) is 5.82 Å². The van der Waals surface area contributed by atoms with E-state index in [2.05, 4.69) is 22.1 Å². The second-order valence-corrected chi connectivity index (χ2v) is 7.24. The van der Waals surface area contributed by atoms with E-state index in [1.165, 1.54) is 18.9 Å². The summed E-state index contributed by atoms with van der Waals surface area (Å²) in [5, 5.41) is 2.85. The Balaban J connectivity index is 1.57. The average Bonchev–Trinajstić information content (AvgIpc) is 2.74. The molecule has 0 aliphatic carbocycles. The molecular formula is C23H29N3O3. The highest BCUT2D eigenvalue weighted by molar-refractivity contribution is 6.01. The minimum atomic E-state index is -0.209. The van der Waals surface area contributed by atoms with Crippen LogP contribution in [0.5, 0.6) is 11.5 Å². The highest BCUT2D eigenvalue weighted by atomic mass is 16.5. The number of amides is 1. The van der Waals surface area contributed by atoms with E-state index in [4.69, 9.17) is 9.47 Å². The lowest BCUT2D eigenvalue weighted by Gasteiger charge is -2.31. The molecule has 0 atom stereocenters. The smallest absolute Gasteiger partial charge is 0.248 e. The molecule has 1 fully saturated rings. The maximum Gasteiger partial charge on any atom is 0.248 e. The van der Waals surface area contributed by atoms with Crippen molar-refractivity contribution in [3.8, 4) is 11.5 Å². The van der Waals surface area contributed by atoms with Crippen LogP contribution in [0.1, 0.15) is 32.3 Å². The van der Waals surface area contributed by atoms with E-state index >= 15 is 0 Å². The number of methoxy groups -OCH3 is 1. The Morgan fingerprint density at radius 1 is 1.24 bits per heavy atom. The number of carbonyl (C=O) groups excluding carboxylic acids is 1. The summed E-state index contributed by atoms with van der Waals surface area (Å²) >= 11 is 0. The van der Waals surface area contributed by atoms with Gasteiger partial charge in [0.2, 0.25) is 5.91 Å². The van der Waals surface area contributed by atoms with E-state index in [1.54, 1.807) is 19.4 Å². The number of nitrogens with one attached hydrogen (secondary N) is 1. The zero-order valence-electron chi connectivity index (χ0n) is 17.4. The Morgan fingerprint density at radius 2 is 2.03 bits per heavy atom. The summed E-state index contributed by atoms with van der Waals surface area (Å²) < 4.78 is 10.8. The number of carbonyl (C=O) groups is 1. The van der Waals surface area contributed by atoms with E-state index in [0.29, 0.717) is 23.8 Å². The monoisotopic (exact) mass is 395 g/mol. The Hall–Kier alpha value is -3.02. The van der Waals surface area contributed by atoms with Crippen LogP contribution in [0.25, 0.3) is 6.08 Å². The summed E-state index contributed by atoms with van der Waals surface area (Å²) in [5.74, 6) is 2.87. The SMILES string of the molecule is CCOc1ccc(/C=C/C(=O)Nc2ccc(N3CCC(C)CC3)nc2)cc1OC. The van der Waals surface area contributed by atoms with Crippen molar-refractivity contribution in [3.63, 3.8) is 0 Å². The molecule has 1 aromatic heterocycles. The standard InChI is InChI=1S/C23H29N3O3/c1-4-29-20-8-5-18(15-21(20)28-3)6-10-23(27)25-19-7-9-22(24-16-19)26-13-11-17(2)12-14-26/h5-10,15-17H,4,11-14H2,1-3H3,(H,25,27)/b10-6+. The number of aromatic nitrogens is 1. The Bertz CT molecular complexity index is 841. The summed E-state index contributed by atoms with van der Waals surface area (Å²) in [5.41, 5.74) is 1.53. The van der Waals surface area contributed by atoms with E-state index in [-0.39, 0.29) is 5.91 Å². The molecule has 1 amide bonds. The normalized spacial score (nSPS) is 14.8. The van der Waals surface area contributed by atoms with Crippen molar-refractivity contribution < 1.29 is 14.3 Å². The first-order valence-electron chi connectivity index (χ1n) is 10.1. The number of pyridine rings is 1. The Morgan fingerprint density at radius 3 is 2.69 bits per heavy atom. The highest BCUT2D eigenvalue weighted by Crippen LogP contribution is 2.28. The quantitative estimate of drug-likeness (QED) is 0.705. The number of hydrogen-bond acceptors (Lipinski definition) is 5. The third-order valence-corrected chi connectivity index (χ3v) is 5.04. The number of anilines is 2. The van der Waals surface area contributed by atoms with Gasteiger partial charge in [-0.25, -0.2) is 4.98 Å². The molecule has 0 spiro atoms. The molecule has 1 saturated heterocycles. The van der Waals surface area contributed by atoms with Crippen molar-refractivity contribution in [2.24, 2.45) is 5.92 Å². The van der Waals surface area contributed by atoms with Crippen molar-refractivity contribution in [1.82, 2.24) is 4.98 Å². The molecule has 1 aromatic carbocycles. The van der Waals surface area contributed by atoms with E-state index in [0.717, 1.165) is 30.4 Å². The van der Waals surface area contributed by atoms with Gasteiger partial charge in [0.05, 0.1) is 25.6 Å². The third-order valence-electron chi connectivity index (χ3n) is 5.04. The van der Waals surface area contributed by atoms with Crippen LogP contribution in [0.4, 0.5) is 11.5 Å². The molecule has 1 aliphatic rings. The van der Waals surface area contributed by atoms with E-state index < -0.39 is 0 Å². The van der Waals surface area contributed by atoms with Gasteiger partial charge in [0.25, 0.3) is 0 Å². The predicted octanol–water partition coefficient (Wildman–Crippen LogP) is 4.38. The fraction of sp³-hybridized carbons (Fsp3) is 0.391. The number of ether oxygens (including phenoxy) is 2. The first-order valence-corrected chi connectivity index (χ1v) is 10.1.